The van der Waals surface area contributed by atoms with Gasteiger partial charge in [-0.2, -0.15) is 5.10 Å². The summed E-state index contributed by atoms with van der Waals surface area (Å²) in [5.74, 6) is 1.21. The van der Waals surface area contributed by atoms with Crippen LogP contribution in [0, 0.1) is 26.2 Å². The van der Waals surface area contributed by atoms with E-state index in [0.29, 0.717) is 5.69 Å². The number of benzene rings is 2. The van der Waals surface area contributed by atoms with Gasteiger partial charge >= 0.3 is 5.97 Å². The van der Waals surface area contributed by atoms with Crippen molar-refractivity contribution < 1.29 is 14.3 Å². The van der Waals surface area contributed by atoms with Crippen LogP contribution in [0.15, 0.2) is 54.7 Å². The van der Waals surface area contributed by atoms with E-state index in [1.54, 1.807) is 10.9 Å². The first kappa shape index (κ1) is 19.9. The third-order valence-corrected chi connectivity index (χ3v) is 4.31. The smallest absolute Gasteiger partial charge is 0.342 e. The minimum atomic E-state index is -0.627. The molecule has 0 aliphatic rings. The molecule has 0 atom stereocenters. The number of ether oxygens (including phenoxy) is 1. The first-order valence-corrected chi connectivity index (χ1v) is 9.09. The number of terminal acetylenes is 1. The molecule has 6 heteroatoms. The molecule has 1 amide bonds. The third kappa shape index (κ3) is 4.71. The summed E-state index contributed by atoms with van der Waals surface area (Å²) < 4.78 is 6.82. The quantitative estimate of drug-likeness (QED) is 0.521. The van der Waals surface area contributed by atoms with E-state index in [1.165, 1.54) is 0 Å². The van der Waals surface area contributed by atoms with Gasteiger partial charge in [-0.05, 0) is 31.5 Å². The number of aromatic nitrogens is 2. The predicted molar refractivity (Wildman–Crippen MR) is 111 cm³/mol. The van der Waals surface area contributed by atoms with Crippen molar-refractivity contribution in [1.82, 2.24) is 15.1 Å². The summed E-state index contributed by atoms with van der Waals surface area (Å²) >= 11 is 0. The van der Waals surface area contributed by atoms with Crippen molar-refractivity contribution in [1.29, 1.82) is 0 Å². The zero-order chi connectivity index (χ0) is 20.8. The Morgan fingerprint density at radius 1 is 1.17 bits per heavy atom. The molecule has 0 aliphatic carbocycles. The molecule has 2 aromatic carbocycles. The molecule has 1 N–H and O–H groups in total. The molecule has 0 spiro atoms. The number of carbonyl (C=O) groups excluding carboxylic acids is 2. The van der Waals surface area contributed by atoms with Crippen LogP contribution in [0.3, 0.4) is 0 Å². The molecule has 146 valence electrons. The standard InChI is InChI=1S/C23H21N3O3/c1-4-12-24-21(27)15-29-23(28)20-14-26(18-8-6-5-7-9-18)25-22(20)19-11-10-16(2)13-17(19)3/h1,5-11,13-14H,12,15H2,2-3H3,(H,24,27). The van der Waals surface area contributed by atoms with Gasteiger partial charge in [0.05, 0.1) is 12.2 Å². The number of esters is 1. The summed E-state index contributed by atoms with van der Waals surface area (Å²) in [5, 5.41) is 7.09. The molecule has 1 heterocycles. The van der Waals surface area contributed by atoms with Gasteiger partial charge in [0.15, 0.2) is 6.61 Å². The molecular weight excluding hydrogens is 366 g/mol. The second-order valence-corrected chi connectivity index (χ2v) is 6.55. The van der Waals surface area contributed by atoms with Crippen LogP contribution in [0.5, 0.6) is 0 Å². The van der Waals surface area contributed by atoms with Crippen LogP contribution >= 0.6 is 0 Å². The Bertz CT molecular complexity index is 1080. The van der Waals surface area contributed by atoms with Crippen LogP contribution in [-0.2, 0) is 9.53 Å². The number of rotatable bonds is 6. The van der Waals surface area contributed by atoms with E-state index in [1.807, 2.05) is 62.4 Å². The van der Waals surface area contributed by atoms with Gasteiger partial charge in [0.25, 0.3) is 5.91 Å². The molecule has 0 saturated heterocycles. The van der Waals surface area contributed by atoms with E-state index >= 15 is 0 Å². The second-order valence-electron chi connectivity index (χ2n) is 6.55. The Hall–Kier alpha value is -3.85. The van der Waals surface area contributed by atoms with Crippen LogP contribution in [-0.4, -0.2) is 34.8 Å². The SMILES string of the molecule is C#CCNC(=O)COC(=O)c1cn(-c2ccccc2)nc1-c1ccc(C)cc1C. The van der Waals surface area contributed by atoms with E-state index in [-0.39, 0.29) is 12.1 Å². The van der Waals surface area contributed by atoms with E-state index in [9.17, 15) is 9.59 Å². The van der Waals surface area contributed by atoms with E-state index in [0.717, 1.165) is 22.4 Å². The van der Waals surface area contributed by atoms with Gasteiger partial charge in [-0.25, -0.2) is 9.48 Å². The average molecular weight is 387 g/mol. The van der Waals surface area contributed by atoms with E-state index in [2.05, 4.69) is 16.3 Å². The first-order valence-electron chi connectivity index (χ1n) is 9.09. The Morgan fingerprint density at radius 3 is 2.62 bits per heavy atom. The van der Waals surface area contributed by atoms with Crippen molar-refractivity contribution in [2.75, 3.05) is 13.2 Å². The van der Waals surface area contributed by atoms with Gasteiger partial charge in [0.2, 0.25) is 0 Å². The fourth-order valence-electron chi connectivity index (χ4n) is 2.92. The van der Waals surface area contributed by atoms with Crippen molar-refractivity contribution in [2.24, 2.45) is 0 Å². The zero-order valence-electron chi connectivity index (χ0n) is 16.3. The molecule has 29 heavy (non-hydrogen) atoms. The highest BCUT2D eigenvalue weighted by Crippen LogP contribution is 2.28. The maximum Gasteiger partial charge on any atom is 0.342 e. The predicted octanol–water partition coefficient (Wildman–Crippen LogP) is 3.06. The number of amides is 1. The number of carbonyl (C=O) groups is 2. The summed E-state index contributed by atoms with van der Waals surface area (Å²) in [6.45, 7) is 3.63. The van der Waals surface area contributed by atoms with Crippen LogP contribution in [0.1, 0.15) is 21.5 Å². The normalized spacial score (nSPS) is 10.2. The number of nitrogens with zero attached hydrogens (tertiary/aromatic N) is 2. The average Bonchev–Trinajstić information content (AvgIpc) is 3.16. The lowest BCUT2D eigenvalue weighted by molar-refractivity contribution is -0.123. The third-order valence-electron chi connectivity index (χ3n) is 4.31. The van der Waals surface area contributed by atoms with Crippen molar-refractivity contribution in [3.8, 4) is 29.3 Å². The molecule has 0 saturated carbocycles. The Kier molecular flexibility index (Phi) is 6.10. The van der Waals surface area contributed by atoms with Crippen molar-refractivity contribution in [3.63, 3.8) is 0 Å². The van der Waals surface area contributed by atoms with Gasteiger partial charge in [-0.3, -0.25) is 4.79 Å². The maximum atomic E-state index is 12.7. The van der Waals surface area contributed by atoms with E-state index < -0.39 is 18.5 Å². The number of hydrogen-bond acceptors (Lipinski definition) is 4. The monoisotopic (exact) mass is 387 g/mol. The van der Waals surface area contributed by atoms with Gasteiger partial charge in [0.1, 0.15) is 11.3 Å². The molecule has 6 nitrogen and oxygen atoms in total. The number of nitrogens with one attached hydrogen (secondary N) is 1. The molecule has 0 fully saturated rings. The molecule has 1 aromatic heterocycles. The highest BCUT2D eigenvalue weighted by molar-refractivity contribution is 5.97. The van der Waals surface area contributed by atoms with E-state index in [4.69, 9.17) is 11.2 Å². The van der Waals surface area contributed by atoms with Crippen LogP contribution in [0.4, 0.5) is 0 Å². The summed E-state index contributed by atoms with van der Waals surface area (Å²) in [5.41, 5.74) is 4.52. The Balaban J connectivity index is 1.96. The molecule has 0 aliphatic heterocycles. The van der Waals surface area contributed by atoms with Gasteiger partial charge < -0.3 is 10.1 Å². The van der Waals surface area contributed by atoms with Crippen molar-refractivity contribution in [3.05, 3.63) is 71.4 Å². The lowest BCUT2D eigenvalue weighted by Crippen LogP contribution is -2.29. The summed E-state index contributed by atoms with van der Waals surface area (Å²) in [7, 11) is 0. The van der Waals surface area contributed by atoms with Gasteiger partial charge in [0, 0.05) is 11.8 Å². The van der Waals surface area contributed by atoms with Gasteiger partial charge in [-0.15, -0.1) is 6.42 Å². The first-order chi connectivity index (χ1) is 14.0. The largest absolute Gasteiger partial charge is 0.452 e. The Labute approximate surface area is 169 Å². The van der Waals surface area contributed by atoms with Crippen molar-refractivity contribution in [2.45, 2.75) is 13.8 Å². The lowest BCUT2D eigenvalue weighted by Gasteiger charge is -2.07. The van der Waals surface area contributed by atoms with Crippen LogP contribution < -0.4 is 5.32 Å². The second kappa shape index (κ2) is 8.89. The highest BCUT2D eigenvalue weighted by atomic mass is 16.5. The van der Waals surface area contributed by atoms with Crippen LogP contribution in [0.25, 0.3) is 16.9 Å². The molecule has 3 aromatic rings. The lowest BCUT2D eigenvalue weighted by atomic mass is 10.0. The fourth-order valence-corrected chi connectivity index (χ4v) is 2.92. The molecule has 3 rings (SSSR count). The number of hydrogen-bond donors (Lipinski definition) is 1. The minimum Gasteiger partial charge on any atom is -0.452 e. The Morgan fingerprint density at radius 2 is 1.93 bits per heavy atom. The number of aryl methyl sites for hydroxylation is 2. The molecule has 0 unspecified atom stereocenters. The summed E-state index contributed by atoms with van der Waals surface area (Å²) in [6, 6.07) is 15.4. The number of para-hydroxylation sites is 1. The maximum absolute atomic E-state index is 12.7. The van der Waals surface area contributed by atoms with Gasteiger partial charge in [-0.1, -0.05) is 47.9 Å². The topological polar surface area (TPSA) is 73.2 Å². The van der Waals surface area contributed by atoms with Crippen LogP contribution in [0.2, 0.25) is 0 Å². The summed E-state index contributed by atoms with van der Waals surface area (Å²) in [6.07, 6.45) is 6.72. The zero-order valence-corrected chi connectivity index (χ0v) is 16.3. The molecule has 0 bridgehead atoms. The fraction of sp³-hybridized carbons (Fsp3) is 0.174. The minimum absolute atomic E-state index is 0.0795. The molecule has 0 radical (unpaired) electrons. The molecular formula is C23H21N3O3. The summed E-state index contributed by atoms with van der Waals surface area (Å²) in [4.78, 5) is 24.5. The highest BCUT2D eigenvalue weighted by Gasteiger charge is 2.22. The van der Waals surface area contributed by atoms with Crippen molar-refractivity contribution >= 4 is 11.9 Å².